The zero-order chi connectivity index (χ0) is 51.7. The number of nitrogens with one attached hydrogen (secondary N) is 1. The first kappa shape index (κ1) is 51.9. The molecule has 1 aliphatic heterocycles. The van der Waals surface area contributed by atoms with E-state index in [0.717, 1.165) is 120 Å². The molecule has 1 fully saturated rings. The number of imidazole rings is 1. The quantitative estimate of drug-likeness (QED) is 0.0921. The lowest BCUT2D eigenvalue weighted by Gasteiger charge is -2.37. The summed E-state index contributed by atoms with van der Waals surface area (Å²) in [5.74, 6) is -0.466. The Morgan fingerprint density at radius 2 is 1.53 bits per heavy atom. The number of nitrogens with zero attached hydrogens (tertiary/aromatic N) is 6. The SMILES string of the molecule is CC.Cc1ccccc1C1=C(c2ccc3nn(CCNCCCF)cc3c2)c2ccc(O)cc2CCC1.O=C(O)c1ccc2c(c1)CCCC(c1ccncc1Cl)=C2c1ccn2cc(CN3CC(CF)C3)nc2c1. The van der Waals surface area contributed by atoms with Crippen molar-refractivity contribution in [2.75, 3.05) is 39.5 Å². The molecule has 0 radical (unpaired) electrons. The van der Waals surface area contributed by atoms with Crippen LogP contribution < -0.4 is 5.32 Å². The second kappa shape index (κ2) is 23.9. The highest BCUT2D eigenvalue weighted by atomic mass is 35.5. The van der Waals surface area contributed by atoms with Crippen LogP contribution in [0.2, 0.25) is 5.02 Å². The van der Waals surface area contributed by atoms with E-state index in [1.807, 2.05) is 53.5 Å². The Hall–Kier alpha value is -6.99. The third kappa shape index (κ3) is 11.5. The first-order chi connectivity index (χ1) is 36.1. The summed E-state index contributed by atoms with van der Waals surface area (Å²) in [6.45, 7) is 10.1. The first-order valence-electron chi connectivity index (χ1n) is 26.0. The topological polar surface area (TPSA) is 121 Å². The fourth-order valence-corrected chi connectivity index (χ4v) is 10.9. The van der Waals surface area contributed by atoms with E-state index >= 15 is 0 Å². The second-order valence-electron chi connectivity index (χ2n) is 19.2. The smallest absolute Gasteiger partial charge is 0.335 e. The lowest BCUT2D eigenvalue weighted by Crippen LogP contribution is -2.46. The van der Waals surface area contributed by atoms with Crippen LogP contribution >= 0.6 is 11.6 Å². The van der Waals surface area contributed by atoms with Gasteiger partial charge in [-0.05, 0) is 185 Å². The van der Waals surface area contributed by atoms with Crippen LogP contribution in [0.1, 0.15) is 112 Å². The number of aromatic hydroxyl groups is 1. The highest BCUT2D eigenvalue weighted by molar-refractivity contribution is 6.32. The zero-order valence-corrected chi connectivity index (χ0v) is 43.2. The molecule has 4 aromatic heterocycles. The van der Waals surface area contributed by atoms with Gasteiger partial charge in [0.1, 0.15) is 11.4 Å². The van der Waals surface area contributed by atoms with Crippen LogP contribution in [-0.4, -0.2) is 84.8 Å². The summed E-state index contributed by atoms with van der Waals surface area (Å²) in [5.41, 5.74) is 17.9. The maximum atomic E-state index is 12.8. The van der Waals surface area contributed by atoms with Crippen LogP contribution in [0.15, 0.2) is 128 Å². The average Bonchev–Trinajstić information content (AvgIpc) is 3.89. The Labute approximate surface area is 437 Å². The van der Waals surface area contributed by atoms with Gasteiger partial charge < -0.3 is 19.9 Å². The van der Waals surface area contributed by atoms with Gasteiger partial charge in [0.15, 0.2) is 0 Å². The molecule has 0 bridgehead atoms. The minimum atomic E-state index is -0.929. The Bertz CT molecular complexity index is 3350. The van der Waals surface area contributed by atoms with E-state index in [4.69, 9.17) is 21.7 Å². The normalized spacial score (nSPS) is 14.8. The van der Waals surface area contributed by atoms with Crippen LogP contribution in [0.3, 0.4) is 0 Å². The van der Waals surface area contributed by atoms with E-state index in [1.165, 1.54) is 39.0 Å². The van der Waals surface area contributed by atoms with Gasteiger partial charge in [-0.15, -0.1) is 0 Å². The van der Waals surface area contributed by atoms with E-state index < -0.39 is 5.97 Å². The number of hydrogen-bond acceptors (Lipinski definition) is 7. The molecule has 0 atom stereocenters. The largest absolute Gasteiger partial charge is 0.508 e. The Kier molecular flexibility index (Phi) is 16.8. The number of aryl methyl sites for hydroxylation is 3. The van der Waals surface area contributed by atoms with Crippen molar-refractivity contribution >= 4 is 56.4 Å². The van der Waals surface area contributed by atoms with E-state index in [0.29, 0.717) is 30.3 Å². The number of benzene rings is 4. The summed E-state index contributed by atoms with van der Waals surface area (Å²) in [7, 11) is 0. The van der Waals surface area contributed by atoms with Gasteiger partial charge in [-0.25, -0.2) is 9.78 Å². The van der Waals surface area contributed by atoms with Gasteiger partial charge in [0.05, 0.1) is 41.7 Å². The summed E-state index contributed by atoms with van der Waals surface area (Å²) >= 11 is 6.63. The van der Waals surface area contributed by atoms with E-state index in [9.17, 15) is 23.8 Å². The molecule has 2 aliphatic carbocycles. The predicted molar refractivity (Wildman–Crippen MR) is 294 cm³/mol. The average molecular weight is 1020 g/mol. The number of fused-ring (bicyclic) bond motifs is 4. The van der Waals surface area contributed by atoms with Crippen molar-refractivity contribution < 1.29 is 23.8 Å². The van der Waals surface area contributed by atoms with Crippen LogP contribution in [0.4, 0.5) is 8.78 Å². The van der Waals surface area contributed by atoms with Crippen LogP contribution in [0.5, 0.6) is 5.75 Å². The first-order valence-corrected chi connectivity index (χ1v) is 26.3. The van der Waals surface area contributed by atoms with Crippen molar-refractivity contribution in [1.82, 2.24) is 34.4 Å². The standard InChI is InChI=1S/C30H32FN3O.C29H26ClFN4O2.C2H6/c1-21-6-2-3-8-26(21)28-9-4-7-22-19-25(35)11-12-27(22)30(28)23-10-13-29-24(18-23)20-34(33-29)17-16-32-15-5-14-31;30-26-13-32-8-6-24(26)25-3-1-2-19-10-21(29(36)37)4-5-23(19)28(25)20-7-9-35-17-22(33-27(35)11-20)16-34-14-18(12-31)15-34;1-2/h2-3,6,8,10-13,18-20,32,35H,4-5,7,9,14-17H2,1H3;4-11,13,17-18H,1-3,12,14-16H2,(H,36,37);1-2H3. The molecule has 0 amide bonds. The number of allylic oxidation sites excluding steroid dienone is 2. The minimum Gasteiger partial charge on any atom is -0.508 e. The van der Waals surface area contributed by atoms with Gasteiger partial charge in [-0.1, -0.05) is 67.9 Å². The van der Waals surface area contributed by atoms with Crippen LogP contribution in [-0.2, 0) is 25.9 Å². The molecule has 11 rings (SSSR count). The number of hydrogen-bond donors (Lipinski definition) is 3. The molecular formula is C61H64ClF2N7O3. The number of phenolic OH excluding ortho intramolecular Hbond substituents is 1. The number of pyridine rings is 2. The van der Waals surface area contributed by atoms with Gasteiger partial charge in [0, 0.05) is 68.5 Å². The molecule has 5 heterocycles. The molecule has 0 spiro atoms. The van der Waals surface area contributed by atoms with Crippen molar-refractivity contribution in [2.24, 2.45) is 5.92 Å². The molecule has 4 aromatic carbocycles. The summed E-state index contributed by atoms with van der Waals surface area (Å²) in [6, 6.07) is 32.4. The van der Waals surface area contributed by atoms with Gasteiger partial charge in [-0.2, -0.15) is 5.10 Å². The minimum absolute atomic E-state index is 0.144. The number of alkyl halides is 2. The zero-order valence-electron chi connectivity index (χ0n) is 42.4. The van der Waals surface area contributed by atoms with E-state index in [1.54, 1.807) is 30.6 Å². The van der Waals surface area contributed by atoms with Crippen molar-refractivity contribution in [3.8, 4) is 5.75 Å². The van der Waals surface area contributed by atoms with Crippen LogP contribution in [0, 0.1) is 12.8 Å². The third-order valence-electron chi connectivity index (χ3n) is 14.2. The Morgan fingerprint density at radius 1 is 0.797 bits per heavy atom. The molecule has 3 N–H and O–H groups in total. The van der Waals surface area contributed by atoms with Crippen molar-refractivity contribution in [1.29, 1.82) is 0 Å². The molecule has 74 heavy (non-hydrogen) atoms. The highest BCUT2D eigenvalue weighted by Gasteiger charge is 2.28. The molecule has 1 saturated heterocycles. The van der Waals surface area contributed by atoms with E-state index in [-0.39, 0.29) is 24.8 Å². The molecule has 10 nitrogen and oxygen atoms in total. The molecule has 8 aromatic rings. The number of likely N-dealkylation sites (tertiary alicyclic amines) is 1. The summed E-state index contributed by atoms with van der Waals surface area (Å²) in [4.78, 5) is 22.9. The highest BCUT2D eigenvalue weighted by Crippen LogP contribution is 2.44. The molecular weight excluding hydrogens is 952 g/mol. The molecule has 382 valence electrons. The number of carboxylic acids is 1. The lowest BCUT2D eigenvalue weighted by molar-refractivity contribution is 0.0696. The van der Waals surface area contributed by atoms with Crippen molar-refractivity contribution in [3.05, 3.63) is 194 Å². The Balaban J connectivity index is 0.000000176. The fourth-order valence-electron chi connectivity index (χ4n) is 10.7. The van der Waals surface area contributed by atoms with Crippen molar-refractivity contribution in [3.63, 3.8) is 0 Å². The summed E-state index contributed by atoms with van der Waals surface area (Å²) in [6.07, 6.45) is 15.5. The van der Waals surface area contributed by atoms with Gasteiger partial charge in [0.25, 0.3) is 0 Å². The summed E-state index contributed by atoms with van der Waals surface area (Å²) < 4.78 is 29.1. The molecule has 0 saturated carbocycles. The van der Waals surface area contributed by atoms with Crippen LogP contribution in [0.25, 0.3) is 38.8 Å². The third-order valence-corrected chi connectivity index (χ3v) is 14.5. The number of phenols is 1. The van der Waals surface area contributed by atoms with Gasteiger partial charge in [0.2, 0.25) is 0 Å². The number of halogens is 3. The maximum Gasteiger partial charge on any atom is 0.335 e. The number of aromatic carboxylic acids is 1. The predicted octanol–water partition coefficient (Wildman–Crippen LogP) is 13.1. The second-order valence-corrected chi connectivity index (χ2v) is 19.6. The van der Waals surface area contributed by atoms with E-state index in [2.05, 4.69) is 89.0 Å². The monoisotopic (exact) mass is 1020 g/mol. The molecule has 3 aliphatic rings. The number of aromatic nitrogens is 5. The number of carboxylic acid groups (broad SMARTS) is 1. The Morgan fingerprint density at radius 3 is 2.26 bits per heavy atom. The van der Waals surface area contributed by atoms with Crippen molar-refractivity contribution in [2.45, 2.75) is 78.8 Å². The maximum absolute atomic E-state index is 12.8. The molecule has 13 heteroatoms. The number of carbonyl (C=O) groups is 1. The lowest BCUT2D eigenvalue weighted by atomic mass is 9.86. The van der Waals surface area contributed by atoms with Gasteiger partial charge >= 0.3 is 5.97 Å². The number of rotatable bonds is 14. The fraction of sp³-hybridized carbons (Fsp3) is 0.311. The molecule has 0 unspecified atom stereocenters. The summed E-state index contributed by atoms with van der Waals surface area (Å²) in [5, 5.41) is 29.4. The van der Waals surface area contributed by atoms with Gasteiger partial charge in [-0.3, -0.25) is 23.3 Å².